The monoisotopic (exact) mass is 421 g/mol. The predicted molar refractivity (Wildman–Crippen MR) is 115 cm³/mol. The fourth-order valence-electron chi connectivity index (χ4n) is 3.81. The van der Waals surface area contributed by atoms with Crippen LogP contribution in [0.4, 0.5) is 4.79 Å². The Balaban J connectivity index is 1.63. The van der Waals surface area contributed by atoms with Gasteiger partial charge in [-0.3, -0.25) is 14.7 Å². The number of hydrogen-bond donors (Lipinski definition) is 1. The maximum Gasteiger partial charge on any atom is 0.407 e. The molecule has 0 unspecified atom stereocenters. The van der Waals surface area contributed by atoms with Gasteiger partial charge in [0.2, 0.25) is 5.91 Å². The van der Waals surface area contributed by atoms with Crippen LogP contribution in [0.2, 0.25) is 0 Å². The molecule has 2 heterocycles. The van der Waals surface area contributed by atoms with Crippen molar-refractivity contribution in [3.8, 4) is 6.07 Å². The van der Waals surface area contributed by atoms with E-state index in [1.165, 1.54) is 7.11 Å². The van der Waals surface area contributed by atoms with Gasteiger partial charge >= 0.3 is 6.09 Å². The predicted octanol–water partition coefficient (Wildman–Crippen LogP) is 2.59. The molecule has 162 valence electrons. The van der Waals surface area contributed by atoms with E-state index in [1.54, 1.807) is 11.1 Å². The van der Waals surface area contributed by atoms with E-state index in [2.05, 4.69) is 21.3 Å². The van der Waals surface area contributed by atoms with E-state index in [1.807, 2.05) is 49.4 Å². The molecule has 1 aromatic heterocycles. The number of benzene rings is 1. The summed E-state index contributed by atoms with van der Waals surface area (Å²) in [7, 11) is 1.30. The van der Waals surface area contributed by atoms with Gasteiger partial charge in [-0.15, -0.1) is 0 Å². The average molecular weight is 422 g/mol. The first-order valence-electron chi connectivity index (χ1n) is 10.3. The van der Waals surface area contributed by atoms with Gasteiger partial charge in [-0.25, -0.2) is 4.79 Å². The van der Waals surface area contributed by atoms with Crippen LogP contribution in [-0.4, -0.2) is 60.1 Å². The molecule has 3 rings (SSSR count). The Morgan fingerprint density at radius 1 is 1.16 bits per heavy atom. The summed E-state index contributed by atoms with van der Waals surface area (Å²) < 4.78 is 4.72. The molecule has 2 atom stereocenters. The van der Waals surface area contributed by atoms with Gasteiger partial charge in [0.1, 0.15) is 6.04 Å². The highest BCUT2D eigenvalue weighted by molar-refractivity contribution is 5.78. The zero-order chi connectivity index (χ0) is 22.2. The van der Waals surface area contributed by atoms with Gasteiger partial charge in [0.15, 0.2) is 0 Å². The lowest BCUT2D eigenvalue weighted by Gasteiger charge is -2.37. The Kier molecular flexibility index (Phi) is 7.57. The second-order valence-electron chi connectivity index (χ2n) is 7.43. The lowest BCUT2D eigenvalue weighted by molar-refractivity contribution is -0.133. The minimum atomic E-state index is -0.574. The lowest BCUT2D eigenvalue weighted by Crippen LogP contribution is -2.50. The van der Waals surface area contributed by atoms with Crippen molar-refractivity contribution in [1.29, 1.82) is 5.26 Å². The molecule has 8 nitrogen and oxygen atoms in total. The Bertz CT molecular complexity index is 936. The van der Waals surface area contributed by atoms with E-state index in [0.29, 0.717) is 26.2 Å². The number of piperazine rings is 1. The maximum absolute atomic E-state index is 13.0. The SMILES string of the molecule is COC(=O)N[C@@H](CC(=O)N1CCN([C@@H](C#N)c2cccnc2C)CC1)c1ccccc1. The fourth-order valence-corrected chi connectivity index (χ4v) is 3.81. The van der Waals surface area contributed by atoms with Crippen LogP contribution in [0.5, 0.6) is 0 Å². The molecule has 0 radical (unpaired) electrons. The third kappa shape index (κ3) is 5.58. The minimum Gasteiger partial charge on any atom is -0.453 e. The molecule has 1 aromatic carbocycles. The number of pyridine rings is 1. The Hall–Kier alpha value is -3.44. The third-order valence-corrected chi connectivity index (χ3v) is 5.55. The number of ether oxygens (including phenoxy) is 1. The summed E-state index contributed by atoms with van der Waals surface area (Å²) in [6, 6.07) is 14.7. The zero-order valence-corrected chi connectivity index (χ0v) is 17.8. The van der Waals surface area contributed by atoms with Crippen molar-refractivity contribution in [3.05, 3.63) is 65.5 Å². The maximum atomic E-state index is 13.0. The first kappa shape index (κ1) is 22.2. The lowest BCUT2D eigenvalue weighted by atomic mass is 10.0. The van der Waals surface area contributed by atoms with Crippen LogP contribution in [0.3, 0.4) is 0 Å². The van der Waals surface area contributed by atoms with Crippen molar-refractivity contribution in [2.75, 3.05) is 33.3 Å². The van der Waals surface area contributed by atoms with E-state index in [4.69, 9.17) is 4.74 Å². The molecule has 1 aliphatic heterocycles. The topological polar surface area (TPSA) is 98.6 Å². The van der Waals surface area contributed by atoms with Crippen molar-refractivity contribution in [1.82, 2.24) is 20.1 Å². The molecule has 31 heavy (non-hydrogen) atoms. The summed E-state index contributed by atoms with van der Waals surface area (Å²) in [5, 5.41) is 12.5. The van der Waals surface area contributed by atoms with Crippen molar-refractivity contribution < 1.29 is 14.3 Å². The first-order valence-corrected chi connectivity index (χ1v) is 10.3. The van der Waals surface area contributed by atoms with Crippen LogP contribution in [-0.2, 0) is 9.53 Å². The largest absolute Gasteiger partial charge is 0.453 e. The summed E-state index contributed by atoms with van der Waals surface area (Å²) >= 11 is 0. The normalized spacial score (nSPS) is 16.1. The van der Waals surface area contributed by atoms with Crippen LogP contribution in [0.25, 0.3) is 0 Å². The molecular formula is C23H27N5O3. The number of rotatable bonds is 6. The average Bonchev–Trinajstić information content (AvgIpc) is 2.81. The van der Waals surface area contributed by atoms with Crippen molar-refractivity contribution >= 4 is 12.0 Å². The van der Waals surface area contributed by atoms with Crippen LogP contribution in [0.15, 0.2) is 48.7 Å². The number of nitriles is 1. The van der Waals surface area contributed by atoms with E-state index in [0.717, 1.165) is 16.8 Å². The summed E-state index contributed by atoms with van der Waals surface area (Å²) in [5.74, 6) is -0.0454. The highest BCUT2D eigenvalue weighted by Gasteiger charge is 2.29. The summed E-state index contributed by atoms with van der Waals surface area (Å²) in [4.78, 5) is 32.9. The van der Waals surface area contributed by atoms with Crippen molar-refractivity contribution in [3.63, 3.8) is 0 Å². The van der Waals surface area contributed by atoms with Crippen molar-refractivity contribution in [2.24, 2.45) is 0 Å². The number of carbonyl (C=O) groups is 2. The molecule has 0 spiro atoms. The summed E-state index contributed by atoms with van der Waals surface area (Å²) in [6.07, 6.45) is 1.29. The van der Waals surface area contributed by atoms with Gasteiger partial charge < -0.3 is 15.0 Å². The van der Waals surface area contributed by atoms with Crippen LogP contribution in [0.1, 0.15) is 35.3 Å². The molecule has 0 bridgehead atoms. The highest BCUT2D eigenvalue weighted by Crippen LogP contribution is 2.24. The fraction of sp³-hybridized carbons (Fsp3) is 0.391. The van der Waals surface area contributed by atoms with Gasteiger partial charge in [0, 0.05) is 43.6 Å². The number of methoxy groups -OCH3 is 1. The summed E-state index contributed by atoms with van der Waals surface area (Å²) in [6.45, 7) is 4.14. The van der Waals surface area contributed by atoms with E-state index >= 15 is 0 Å². The third-order valence-electron chi connectivity index (χ3n) is 5.55. The number of alkyl carbamates (subject to hydrolysis) is 1. The van der Waals surface area contributed by atoms with Crippen molar-refractivity contribution in [2.45, 2.75) is 25.4 Å². The molecule has 1 fully saturated rings. The second kappa shape index (κ2) is 10.5. The molecule has 8 heteroatoms. The van der Waals surface area contributed by atoms with Crippen LogP contribution >= 0.6 is 0 Å². The Labute approximate surface area is 182 Å². The molecule has 1 saturated heterocycles. The number of nitrogens with one attached hydrogen (secondary N) is 1. The highest BCUT2D eigenvalue weighted by atomic mass is 16.5. The van der Waals surface area contributed by atoms with Gasteiger partial charge in [0.05, 0.1) is 25.6 Å². The summed E-state index contributed by atoms with van der Waals surface area (Å²) in [5.41, 5.74) is 2.58. The number of hydrogen-bond acceptors (Lipinski definition) is 6. The number of carbonyl (C=O) groups excluding carboxylic acids is 2. The number of nitrogens with zero attached hydrogens (tertiary/aromatic N) is 4. The Morgan fingerprint density at radius 3 is 2.48 bits per heavy atom. The number of amides is 2. The van der Waals surface area contributed by atoms with E-state index in [9.17, 15) is 14.9 Å². The van der Waals surface area contributed by atoms with Crippen LogP contribution in [0, 0.1) is 18.3 Å². The van der Waals surface area contributed by atoms with Gasteiger partial charge in [-0.05, 0) is 18.6 Å². The molecule has 1 N–H and O–H groups in total. The molecule has 0 aliphatic carbocycles. The van der Waals surface area contributed by atoms with Gasteiger partial charge in [-0.2, -0.15) is 5.26 Å². The van der Waals surface area contributed by atoms with E-state index in [-0.39, 0.29) is 18.4 Å². The molecule has 2 amide bonds. The smallest absolute Gasteiger partial charge is 0.407 e. The Morgan fingerprint density at radius 2 is 1.87 bits per heavy atom. The number of aryl methyl sites for hydroxylation is 1. The molecular weight excluding hydrogens is 394 g/mol. The van der Waals surface area contributed by atoms with Crippen LogP contribution < -0.4 is 5.32 Å². The van der Waals surface area contributed by atoms with Gasteiger partial charge in [-0.1, -0.05) is 36.4 Å². The molecule has 1 aliphatic rings. The van der Waals surface area contributed by atoms with Gasteiger partial charge in [0.25, 0.3) is 0 Å². The van der Waals surface area contributed by atoms with E-state index < -0.39 is 12.1 Å². The minimum absolute atomic E-state index is 0.0454. The quantitative estimate of drug-likeness (QED) is 0.770. The molecule has 0 saturated carbocycles. The second-order valence-corrected chi connectivity index (χ2v) is 7.43. The zero-order valence-electron chi connectivity index (χ0n) is 17.8. The first-order chi connectivity index (χ1) is 15.0. The standard InChI is InChI=1S/C23H27N5O3/c1-17-19(9-6-10-25-17)21(16-24)27-11-13-28(14-12-27)22(29)15-20(26-23(30)31-2)18-7-4-3-5-8-18/h3-10,20-21H,11-15H2,1-2H3,(H,26,30)/t20-,21-/m0/s1. The number of aromatic nitrogens is 1. The molecule has 2 aromatic rings.